The van der Waals surface area contributed by atoms with Gasteiger partial charge in [-0.05, 0) is 0 Å². The van der Waals surface area contributed by atoms with Crippen LogP contribution in [0.2, 0.25) is 9.45 Å². The van der Waals surface area contributed by atoms with Crippen LogP contribution in [0.4, 0.5) is 0 Å². The molecule has 0 aromatic heterocycles. The maximum atomic E-state index is 11.1. The molecular weight excluding hydrogens is 232 g/mol. The Bertz CT molecular complexity index is 255. The molecule has 0 saturated heterocycles. The van der Waals surface area contributed by atoms with Crippen molar-refractivity contribution in [3.05, 3.63) is 0 Å². The van der Waals surface area contributed by atoms with E-state index in [4.69, 9.17) is 0 Å². The zero-order valence-corrected chi connectivity index (χ0v) is 10.5. The third-order valence-electron chi connectivity index (χ3n) is 1.54. The standard InChI is InChI=1S/2C5H7O2.Ti/c2*1-4(6)3-5(2)7;/h2*1,3H2,2H3;. The van der Waals surface area contributed by atoms with E-state index >= 15 is 0 Å². The van der Waals surface area contributed by atoms with E-state index in [2.05, 4.69) is 0 Å². The molecule has 0 radical (unpaired) electrons. The Morgan fingerprint density at radius 1 is 0.800 bits per heavy atom. The predicted octanol–water partition coefficient (Wildman–Crippen LogP) is 1.00. The van der Waals surface area contributed by atoms with Crippen LogP contribution in [0.1, 0.15) is 26.7 Å². The molecule has 0 fully saturated rings. The summed E-state index contributed by atoms with van der Waals surface area (Å²) in [6.07, 6.45) is -0.0468. The number of Topliss-reactive ketones (excluding diaryl/α,β-unsaturated/α-hetero) is 4. The fourth-order valence-electron chi connectivity index (χ4n) is 1.02. The summed E-state index contributed by atoms with van der Waals surface area (Å²) in [4.78, 5) is 43.3. The number of ketones is 4. The first-order valence-electron chi connectivity index (χ1n) is 4.64. The molecule has 0 aliphatic rings. The molecule has 0 spiro atoms. The van der Waals surface area contributed by atoms with Crippen LogP contribution in [0.15, 0.2) is 0 Å². The van der Waals surface area contributed by atoms with E-state index in [1.54, 1.807) is 0 Å². The Labute approximate surface area is 97.7 Å². The summed E-state index contributed by atoms with van der Waals surface area (Å²) >= 11 is -0.653. The molecule has 0 aromatic rings. The van der Waals surface area contributed by atoms with Crippen molar-refractivity contribution in [2.45, 2.75) is 36.1 Å². The first-order valence-corrected chi connectivity index (χ1v) is 6.85. The van der Waals surface area contributed by atoms with Gasteiger partial charge in [0.1, 0.15) is 0 Å². The van der Waals surface area contributed by atoms with Crippen LogP contribution in [0, 0.1) is 0 Å². The molecule has 4 nitrogen and oxygen atoms in total. The molecule has 0 aliphatic carbocycles. The molecule has 15 heavy (non-hydrogen) atoms. The van der Waals surface area contributed by atoms with Crippen LogP contribution < -0.4 is 0 Å². The van der Waals surface area contributed by atoms with Crippen LogP contribution in [0.3, 0.4) is 0 Å². The van der Waals surface area contributed by atoms with Crippen molar-refractivity contribution in [3.63, 3.8) is 0 Å². The first-order chi connectivity index (χ1) is 6.91. The molecule has 0 rings (SSSR count). The van der Waals surface area contributed by atoms with Gasteiger partial charge in [0.15, 0.2) is 0 Å². The Morgan fingerprint density at radius 3 is 1.40 bits per heavy atom. The van der Waals surface area contributed by atoms with Gasteiger partial charge in [-0.3, -0.25) is 0 Å². The number of carbonyl (C=O) groups excluding carboxylic acids is 4. The second-order valence-corrected chi connectivity index (χ2v) is 5.32. The molecule has 0 aliphatic heterocycles. The van der Waals surface area contributed by atoms with Gasteiger partial charge >= 0.3 is 97.6 Å². The third kappa shape index (κ3) is 9.69. The van der Waals surface area contributed by atoms with E-state index in [1.807, 2.05) is 0 Å². The SMILES string of the molecule is CC(=O)CC(=O)[CH2][Ti][CH2]C(=O)CC(C)=O. The summed E-state index contributed by atoms with van der Waals surface area (Å²) in [5, 5.41) is 0. The van der Waals surface area contributed by atoms with Crippen molar-refractivity contribution in [1.29, 1.82) is 0 Å². The van der Waals surface area contributed by atoms with E-state index in [9.17, 15) is 19.2 Å². The van der Waals surface area contributed by atoms with Gasteiger partial charge in [0.05, 0.1) is 0 Å². The molecule has 0 bridgehead atoms. The molecule has 0 amide bonds. The fraction of sp³-hybridized carbons (Fsp3) is 0.600. The van der Waals surface area contributed by atoms with E-state index in [0.717, 1.165) is 0 Å². The zero-order chi connectivity index (χ0) is 11.8. The molecule has 0 N–H and O–H groups in total. The normalized spacial score (nSPS) is 9.47. The molecule has 0 heterocycles. The quantitative estimate of drug-likeness (QED) is 0.473. The molecule has 82 valence electrons. The Balaban J connectivity index is 3.61. The monoisotopic (exact) mass is 246 g/mol. The van der Waals surface area contributed by atoms with E-state index in [0.29, 0.717) is 9.45 Å². The Kier molecular flexibility index (Phi) is 7.35. The fourth-order valence-corrected chi connectivity index (χ4v) is 2.48. The first kappa shape index (κ1) is 14.4. The molecule has 0 aromatic carbocycles. The van der Waals surface area contributed by atoms with Crippen LogP contribution in [-0.2, 0) is 38.3 Å². The van der Waals surface area contributed by atoms with E-state index < -0.39 is 19.2 Å². The third-order valence-corrected chi connectivity index (χ3v) is 3.55. The molecule has 0 unspecified atom stereocenters. The Hall–Kier alpha value is -0.606. The van der Waals surface area contributed by atoms with Crippen LogP contribution >= 0.6 is 0 Å². The van der Waals surface area contributed by atoms with Crippen molar-refractivity contribution in [3.8, 4) is 0 Å². The number of rotatable bonds is 8. The van der Waals surface area contributed by atoms with Gasteiger partial charge in [-0.15, -0.1) is 0 Å². The molecular formula is C10H14O4Ti. The van der Waals surface area contributed by atoms with Gasteiger partial charge in [0, 0.05) is 0 Å². The summed E-state index contributed by atoms with van der Waals surface area (Å²) in [6, 6.07) is 0. The van der Waals surface area contributed by atoms with E-state index in [1.165, 1.54) is 13.8 Å². The van der Waals surface area contributed by atoms with Crippen LogP contribution in [0.5, 0.6) is 0 Å². The van der Waals surface area contributed by atoms with Crippen LogP contribution in [0.25, 0.3) is 0 Å². The van der Waals surface area contributed by atoms with Gasteiger partial charge in [-0.1, -0.05) is 0 Å². The summed E-state index contributed by atoms with van der Waals surface area (Å²) < 4.78 is 0.729. The average molecular weight is 246 g/mol. The Morgan fingerprint density at radius 2 is 1.13 bits per heavy atom. The van der Waals surface area contributed by atoms with Gasteiger partial charge in [-0.25, -0.2) is 0 Å². The van der Waals surface area contributed by atoms with Crippen molar-refractivity contribution in [2.24, 2.45) is 0 Å². The number of carbonyl (C=O) groups is 4. The second-order valence-electron chi connectivity index (χ2n) is 3.44. The minimum atomic E-state index is -0.653. The van der Waals surface area contributed by atoms with Gasteiger partial charge < -0.3 is 0 Å². The van der Waals surface area contributed by atoms with Gasteiger partial charge in [-0.2, -0.15) is 0 Å². The summed E-state index contributed by atoms with van der Waals surface area (Å²) in [5.41, 5.74) is 0. The summed E-state index contributed by atoms with van der Waals surface area (Å²) in [7, 11) is 0. The molecule has 0 saturated carbocycles. The molecule has 5 heteroatoms. The van der Waals surface area contributed by atoms with Crippen molar-refractivity contribution < 1.29 is 38.3 Å². The number of hydrogen-bond donors (Lipinski definition) is 0. The van der Waals surface area contributed by atoms with Gasteiger partial charge in [0.2, 0.25) is 0 Å². The molecule has 0 atom stereocenters. The summed E-state index contributed by atoms with van der Waals surface area (Å²) in [6.45, 7) is 2.75. The van der Waals surface area contributed by atoms with Crippen molar-refractivity contribution in [1.82, 2.24) is 0 Å². The zero-order valence-electron chi connectivity index (χ0n) is 8.96. The topological polar surface area (TPSA) is 68.3 Å². The average Bonchev–Trinajstić information content (AvgIpc) is 2.00. The van der Waals surface area contributed by atoms with E-state index in [-0.39, 0.29) is 36.0 Å². The van der Waals surface area contributed by atoms with Crippen LogP contribution in [-0.4, -0.2) is 23.1 Å². The number of hydrogen-bond acceptors (Lipinski definition) is 4. The van der Waals surface area contributed by atoms with Gasteiger partial charge in [0.25, 0.3) is 0 Å². The maximum absolute atomic E-state index is 11.1. The minimum absolute atomic E-state index is 0.0234. The van der Waals surface area contributed by atoms with Crippen molar-refractivity contribution >= 4 is 23.1 Å². The predicted molar refractivity (Wildman–Crippen MR) is 50.2 cm³/mol. The van der Waals surface area contributed by atoms with Crippen molar-refractivity contribution in [2.75, 3.05) is 0 Å². The second kappa shape index (κ2) is 7.66. The summed E-state index contributed by atoms with van der Waals surface area (Å²) in [5.74, 6) is -0.445.